The van der Waals surface area contributed by atoms with Gasteiger partial charge in [0, 0.05) is 12.3 Å². The monoisotopic (exact) mass is 364 g/mol. The topological polar surface area (TPSA) is 55.8 Å². The van der Waals surface area contributed by atoms with Gasteiger partial charge in [0.15, 0.2) is 0 Å². The number of carbonyl (C=O) groups excluding carboxylic acids is 1. The molecule has 4 heteroatoms. The fourth-order valence-corrected chi connectivity index (χ4v) is 6.74. The van der Waals surface area contributed by atoms with E-state index in [4.69, 9.17) is 9.47 Å². The molecule has 0 spiro atoms. The molecular weight excluding hydrogens is 328 g/mol. The molecule has 148 valence electrons. The second-order valence-corrected chi connectivity index (χ2v) is 10.2. The lowest BCUT2D eigenvalue weighted by atomic mass is 9.43. The van der Waals surface area contributed by atoms with E-state index >= 15 is 0 Å². The van der Waals surface area contributed by atoms with E-state index in [-0.39, 0.29) is 34.4 Å². The zero-order valence-corrected chi connectivity index (χ0v) is 17.3. The molecule has 0 aromatic carbocycles. The Morgan fingerprint density at radius 3 is 2.38 bits per heavy atom. The SMILES string of the molecule is C=C[C@]1(C)O[C@@]2(C)CC[C@@H]3C(C)(C)[C@H](OC(C)=O)CC[C@@]3(C)[C@H]2C[C@H]1O. The number of carbonyl (C=O) groups is 1. The highest BCUT2D eigenvalue weighted by Gasteiger charge is 2.65. The summed E-state index contributed by atoms with van der Waals surface area (Å²) in [4.78, 5) is 11.6. The Labute approximate surface area is 158 Å². The van der Waals surface area contributed by atoms with Crippen LogP contribution in [0.25, 0.3) is 0 Å². The second kappa shape index (κ2) is 6.07. The first-order valence-corrected chi connectivity index (χ1v) is 10.1. The minimum Gasteiger partial charge on any atom is -0.462 e. The minimum atomic E-state index is -0.682. The Balaban J connectivity index is 1.94. The quantitative estimate of drug-likeness (QED) is 0.588. The number of ether oxygens (including phenoxy) is 2. The smallest absolute Gasteiger partial charge is 0.302 e. The van der Waals surface area contributed by atoms with Crippen molar-refractivity contribution in [3.63, 3.8) is 0 Å². The molecule has 1 aliphatic heterocycles. The van der Waals surface area contributed by atoms with Crippen LogP contribution in [0, 0.1) is 22.7 Å². The number of rotatable bonds is 2. The summed E-state index contributed by atoms with van der Waals surface area (Å²) in [5.74, 6) is 0.537. The molecule has 0 aromatic rings. The van der Waals surface area contributed by atoms with E-state index in [1.165, 1.54) is 6.92 Å². The maximum Gasteiger partial charge on any atom is 0.302 e. The molecule has 0 aromatic heterocycles. The third kappa shape index (κ3) is 2.75. The van der Waals surface area contributed by atoms with Crippen molar-refractivity contribution in [1.82, 2.24) is 0 Å². The summed E-state index contributed by atoms with van der Waals surface area (Å²) in [5.41, 5.74) is -0.947. The van der Waals surface area contributed by atoms with Crippen molar-refractivity contribution in [2.45, 2.75) is 97.1 Å². The van der Waals surface area contributed by atoms with Gasteiger partial charge in [0.05, 0.1) is 11.7 Å². The van der Waals surface area contributed by atoms with Crippen LogP contribution < -0.4 is 0 Å². The Morgan fingerprint density at radius 1 is 1.15 bits per heavy atom. The standard InChI is InChI=1S/C22H36O4/c1-8-21(6)17(24)13-16-20(5)11-10-18(25-14(2)23)19(3,4)15(20)9-12-22(16,7)26-21/h8,15-18,24H,1,9-13H2,2-7H3/t15-,16-,17-,18-,20-,21+,22+/m1/s1. The summed E-state index contributed by atoms with van der Waals surface area (Å²) >= 11 is 0. The number of hydrogen-bond acceptors (Lipinski definition) is 4. The van der Waals surface area contributed by atoms with Crippen molar-refractivity contribution in [1.29, 1.82) is 0 Å². The first-order chi connectivity index (χ1) is 11.9. The molecule has 7 atom stereocenters. The maximum absolute atomic E-state index is 11.6. The van der Waals surface area contributed by atoms with Gasteiger partial charge in [0.2, 0.25) is 0 Å². The van der Waals surface area contributed by atoms with Crippen LogP contribution in [0.2, 0.25) is 0 Å². The molecule has 4 nitrogen and oxygen atoms in total. The molecule has 0 radical (unpaired) electrons. The molecule has 1 N–H and O–H groups in total. The highest BCUT2D eigenvalue weighted by Crippen LogP contribution is 2.65. The van der Waals surface area contributed by atoms with Gasteiger partial charge in [-0.05, 0) is 63.2 Å². The molecule has 26 heavy (non-hydrogen) atoms. The zero-order chi connectivity index (χ0) is 19.5. The summed E-state index contributed by atoms with van der Waals surface area (Å²) in [6.07, 6.45) is 5.82. The number of esters is 1. The van der Waals surface area contributed by atoms with Crippen molar-refractivity contribution in [2.75, 3.05) is 0 Å². The molecule has 3 fully saturated rings. The Kier molecular flexibility index (Phi) is 4.64. The van der Waals surface area contributed by atoms with Crippen molar-refractivity contribution >= 4 is 5.97 Å². The van der Waals surface area contributed by atoms with Crippen molar-refractivity contribution < 1.29 is 19.4 Å². The van der Waals surface area contributed by atoms with E-state index in [0.29, 0.717) is 5.92 Å². The number of aliphatic hydroxyl groups is 1. The minimum absolute atomic E-state index is 0.0321. The number of hydrogen-bond donors (Lipinski definition) is 1. The second-order valence-electron chi connectivity index (χ2n) is 10.2. The molecule has 2 aliphatic carbocycles. The number of fused-ring (bicyclic) bond motifs is 3. The predicted octanol–water partition coefficient (Wildman–Crippen LogP) is 4.26. The lowest BCUT2D eigenvalue weighted by Crippen LogP contribution is -2.67. The fraction of sp³-hybridized carbons (Fsp3) is 0.864. The summed E-state index contributed by atoms with van der Waals surface area (Å²) in [5, 5.41) is 10.8. The van der Waals surface area contributed by atoms with Crippen LogP contribution in [0.4, 0.5) is 0 Å². The molecule has 3 rings (SSSR count). The van der Waals surface area contributed by atoms with E-state index in [1.54, 1.807) is 6.08 Å². The summed E-state index contributed by atoms with van der Waals surface area (Å²) in [6.45, 7) is 16.4. The van der Waals surface area contributed by atoms with Crippen LogP contribution >= 0.6 is 0 Å². The van der Waals surface area contributed by atoms with Gasteiger partial charge in [-0.1, -0.05) is 26.8 Å². The Morgan fingerprint density at radius 2 is 1.81 bits per heavy atom. The van der Waals surface area contributed by atoms with Crippen LogP contribution in [0.15, 0.2) is 12.7 Å². The van der Waals surface area contributed by atoms with Crippen molar-refractivity contribution in [2.24, 2.45) is 22.7 Å². The molecule has 0 amide bonds. The zero-order valence-electron chi connectivity index (χ0n) is 17.3. The molecular formula is C22H36O4. The van der Waals surface area contributed by atoms with Crippen molar-refractivity contribution in [3.05, 3.63) is 12.7 Å². The summed E-state index contributed by atoms with van der Waals surface area (Å²) in [7, 11) is 0. The first-order valence-electron chi connectivity index (χ1n) is 10.1. The van der Waals surface area contributed by atoms with Crippen LogP contribution in [0.5, 0.6) is 0 Å². The van der Waals surface area contributed by atoms with Gasteiger partial charge in [-0.3, -0.25) is 4.79 Å². The molecule has 1 heterocycles. The number of aliphatic hydroxyl groups excluding tert-OH is 1. The van der Waals surface area contributed by atoms with E-state index < -0.39 is 11.7 Å². The van der Waals surface area contributed by atoms with E-state index in [2.05, 4.69) is 34.3 Å². The van der Waals surface area contributed by atoms with Gasteiger partial charge < -0.3 is 14.6 Å². The maximum atomic E-state index is 11.6. The fourth-order valence-electron chi connectivity index (χ4n) is 6.74. The molecule has 1 saturated heterocycles. The highest BCUT2D eigenvalue weighted by atomic mass is 16.5. The Bertz CT molecular complexity index is 599. The lowest BCUT2D eigenvalue weighted by molar-refractivity contribution is -0.288. The van der Waals surface area contributed by atoms with Gasteiger partial charge in [0.25, 0.3) is 0 Å². The highest BCUT2D eigenvalue weighted by molar-refractivity contribution is 5.66. The van der Waals surface area contributed by atoms with Gasteiger partial charge in [-0.2, -0.15) is 0 Å². The third-order valence-electron chi connectivity index (χ3n) is 8.22. The van der Waals surface area contributed by atoms with Gasteiger partial charge in [0.1, 0.15) is 11.7 Å². The van der Waals surface area contributed by atoms with E-state index in [1.807, 2.05) is 6.92 Å². The molecule has 0 unspecified atom stereocenters. The molecule has 2 saturated carbocycles. The average Bonchev–Trinajstić information content (AvgIpc) is 2.52. The molecule has 0 bridgehead atoms. The average molecular weight is 365 g/mol. The van der Waals surface area contributed by atoms with Gasteiger partial charge in [-0.15, -0.1) is 6.58 Å². The normalized spacial score (nSPS) is 50.3. The van der Waals surface area contributed by atoms with Crippen LogP contribution in [-0.2, 0) is 14.3 Å². The lowest BCUT2D eigenvalue weighted by Gasteiger charge is -2.66. The molecule has 3 aliphatic rings. The van der Waals surface area contributed by atoms with Crippen LogP contribution in [-0.4, -0.2) is 34.5 Å². The van der Waals surface area contributed by atoms with Crippen LogP contribution in [0.1, 0.15) is 73.6 Å². The first kappa shape index (κ1) is 19.9. The van der Waals surface area contributed by atoms with Gasteiger partial charge >= 0.3 is 5.97 Å². The van der Waals surface area contributed by atoms with E-state index in [0.717, 1.165) is 32.1 Å². The third-order valence-corrected chi connectivity index (χ3v) is 8.22. The van der Waals surface area contributed by atoms with Crippen molar-refractivity contribution in [3.8, 4) is 0 Å². The van der Waals surface area contributed by atoms with Crippen LogP contribution in [0.3, 0.4) is 0 Å². The Hall–Kier alpha value is -0.870. The largest absolute Gasteiger partial charge is 0.462 e. The van der Waals surface area contributed by atoms with E-state index in [9.17, 15) is 9.90 Å². The summed E-state index contributed by atoms with van der Waals surface area (Å²) < 4.78 is 12.2. The summed E-state index contributed by atoms with van der Waals surface area (Å²) in [6, 6.07) is 0. The predicted molar refractivity (Wildman–Crippen MR) is 102 cm³/mol. The van der Waals surface area contributed by atoms with Gasteiger partial charge in [-0.25, -0.2) is 0 Å².